The van der Waals surface area contributed by atoms with Crippen LogP contribution in [-0.2, 0) is 27.9 Å². The monoisotopic (exact) mass is 350 g/mol. The molecule has 0 amide bonds. The van der Waals surface area contributed by atoms with Crippen molar-refractivity contribution in [3.63, 3.8) is 0 Å². The maximum Gasteiger partial charge on any atom is 0.338 e. The van der Waals surface area contributed by atoms with Crippen molar-refractivity contribution in [2.75, 3.05) is 32.6 Å². The molecule has 0 aromatic heterocycles. The van der Waals surface area contributed by atoms with E-state index in [0.29, 0.717) is 26.1 Å². The van der Waals surface area contributed by atoms with Gasteiger partial charge in [-0.1, -0.05) is 11.6 Å². The molecule has 0 aliphatic heterocycles. The second-order valence-electron chi connectivity index (χ2n) is 5.07. The van der Waals surface area contributed by atoms with Gasteiger partial charge in [0.1, 0.15) is 11.9 Å². The third-order valence-electron chi connectivity index (χ3n) is 2.88. The smallest absolute Gasteiger partial charge is 0.338 e. The van der Waals surface area contributed by atoms with E-state index in [9.17, 15) is 9.36 Å². The first kappa shape index (κ1) is 22.5. The summed E-state index contributed by atoms with van der Waals surface area (Å²) in [5, 5.41) is 0. The quantitative estimate of drug-likeness (QED) is 0.268. The van der Waals surface area contributed by atoms with E-state index in [-0.39, 0.29) is 31.4 Å². The Bertz CT molecular complexity index is 397. The van der Waals surface area contributed by atoms with Gasteiger partial charge < -0.3 is 18.5 Å². The number of hydrogen-bond acceptors (Lipinski definition) is 6. The number of Topliss-reactive ketones (excluding diaryl/α,β-unsaturated/α-hetero) is 1. The molecule has 23 heavy (non-hydrogen) atoms. The largest absolute Gasteiger partial charge is 0.353 e. The summed E-state index contributed by atoms with van der Waals surface area (Å²) in [6.45, 7) is 10.8. The fourth-order valence-corrected chi connectivity index (χ4v) is 3.52. The Morgan fingerprint density at radius 3 is 2.22 bits per heavy atom. The second-order valence-corrected chi connectivity index (χ2v) is 7.12. The van der Waals surface area contributed by atoms with Crippen molar-refractivity contribution in [1.29, 1.82) is 0 Å². The third kappa shape index (κ3) is 11.6. The van der Waals surface area contributed by atoms with Gasteiger partial charge in [0.25, 0.3) is 0 Å². The molecule has 0 radical (unpaired) electrons. The highest BCUT2D eigenvalue weighted by atomic mass is 31.2. The molecule has 0 aromatic rings. The van der Waals surface area contributed by atoms with Gasteiger partial charge in [-0.3, -0.25) is 9.36 Å². The van der Waals surface area contributed by atoms with Crippen LogP contribution in [0.5, 0.6) is 0 Å². The van der Waals surface area contributed by atoms with Gasteiger partial charge in [-0.25, -0.2) is 0 Å². The Hall–Kier alpha value is -0.520. The van der Waals surface area contributed by atoms with E-state index >= 15 is 0 Å². The van der Waals surface area contributed by atoms with Gasteiger partial charge in [0.15, 0.2) is 6.29 Å². The first-order valence-corrected chi connectivity index (χ1v) is 9.88. The van der Waals surface area contributed by atoms with Gasteiger partial charge in [-0.2, -0.15) is 0 Å². The van der Waals surface area contributed by atoms with E-state index in [1.165, 1.54) is 0 Å². The number of ketones is 1. The molecular formula is C16H31O6P. The fourth-order valence-electron chi connectivity index (χ4n) is 1.89. The molecule has 0 fully saturated rings. The zero-order valence-electron chi connectivity index (χ0n) is 15.0. The zero-order chi connectivity index (χ0) is 17.7. The van der Waals surface area contributed by atoms with Crippen molar-refractivity contribution < 1.29 is 27.9 Å². The van der Waals surface area contributed by atoms with Crippen LogP contribution in [0.25, 0.3) is 0 Å². The lowest BCUT2D eigenvalue weighted by Gasteiger charge is -2.16. The molecular weight excluding hydrogens is 319 g/mol. The number of rotatable bonds is 14. The van der Waals surface area contributed by atoms with Crippen molar-refractivity contribution in [2.45, 2.75) is 53.8 Å². The van der Waals surface area contributed by atoms with Crippen LogP contribution in [-0.4, -0.2) is 44.7 Å². The van der Waals surface area contributed by atoms with E-state index < -0.39 is 7.60 Å². The van der Waals surface area contributed by atoms with Crippen molar-refractivity contribution in [2.24, 2.45) is 0 Å². The van der Waals surface area contributed by atoms with E-state index in [2.05, 4.69) is 0 Å². The average Bonchev–Trinajstić information content (AvgIpc) is 2.45. The lowest BCUT2D eigenvalue weighted by atomic mass is 10.2. The summed E-state index contributed by atoms with van der Waals surface area (Å²) in [6, 6.07) is 0. The Labute approximate surface area is 140 Å². The first-order chi connectivity index (χ1) is 10.9. The fraction of sp³-hybridized carbons (Fsp3) is 0.812. The molecule has 0 rings (SSSR count). The predicted molar refractivity (Wildman–Crippen MR) is 90.8 cm³/mol. The summed E-state index contributed by atoms with van der Waals surface area (Å²) in [7, 11) is -3.28. The molecule has 0 aliphatic carbocycles. The molecule has 0 spiro atoms. The minimum Gasteiger partial charge on any atom is -0.353 e. The number of carbonyl (C=O) groups is 1. The summed E-state index contributed by atoms with van der Waals surface area (Å²) < 4.78 is 33.2. The molecule has 136 valence electrons. The predicted octanol–water partition coefficient (Wildman–Crippen LogP) is 3.95. The van der Waals surface area contributed by atoms with Crippen LogP contribution in [0.15, 0.2) is 11.6 Å². The molecule has 0 aromatic carbocycles. The maximum atomic E-state index is 12.2. The van der Waals surface area contributed by atoms with Crippen LogP contribution in [0.1, 0.15) is 47.5 Å². The summed E-state index contributed by atoms with van der Waals surface area (Å²) in [4.78, 5) is 11.9. The second kappa shape index (κ2) is 12.8. The number of allylic oxidation sites excluding steroid dienone is 1. The normalized spacial score (nSPS) is 14.0. The molecule has 0 saturated heterocycles. The number of ether oxygens (including phenoxy) is 2. The molecule has 1 atom stereocenters. The Morgan fingerprint density at radius 1 is 1.09 bits per heavy atom. The standard InChI is InChI=1S/C16H31O6P/c1-6-19-15(5)20-12-14(4)10-9-11-16(17)13-23(18,21-7-2)22-8-3/h10,15H,6-9,11-13H2,1-5H3/b14-10+. The van der Waals surface area contributed by atoms with Gasteiger partial charge in [-0.05, 0) is 41.0 Å². The Balaban J connectivity index is 4.17. The zero-order valence-corrected chi connectivity index (χ0v) is 15.9. The molecule has 0 aliphatic rings. The van der Waals surface area contributed by atoms with Crippen LogP contribution < -0.4 is 0 Å². The molecule has 6 nitrogen and oxygen atoms in total. The SMILES string of the molecule is CCOC(C)OC/C(C)=C/CCC(=O)CP(=O)(OCC)OCC. The summed E-state index contributed by atoms with van der Waals surface area (Å²) in [5.41, 5.74) is 1.03. The van der Waals surface area contributed by atoms with Crippen molar-refractivity contribution in [3.8, 4) is 0 Å². The average molecular weight is 350 g/mol. The van der Waals surface area contributed by atoms with Gasteiger partial charge in [0.2, 0.25) is 0 Å². The number of hydrogen-bond donors (Lipinski definition) is 0. The van der Waals surface area contributed by atoms with Crippen LogP contribution in [0.2, 0.25) is 0 Å². The third-order valence-corrected chi connectivity index (χ3v) is 4.93. The molecule has 1 unspecified atom stereocenters. The van der Waals surface area contributed by atoms with Crippen LogP contribution in [0, 0.1) is 0 Å². The summed E-state index contributed by atoms with van der Waals surface area (Å²) in [5.74, 6) is -0.122. The molecule has 0 saturated carbocycles. The summed E-state index contributed by atoms with van der Waals surface area (Å²) >= 11 is 0. The van der Waals surface area contributed by atoms with E-state index in [4.69, 9.17) is 18.5 Å². The van der Waals surface area contributed by atoms with Crippen LogP contribution in [0.4, 0.5) is 0 Å². The topological polar surface area (TPSA) is 71.1 Å². The first-order valence-electron chi connectivity index (χ1n) is 8.15. The highest BCUT2D eigenvalue weighted by molar-refractivity contribution is 7.54. The molecule has 0 heterocycles. The van der Waals surface area contributed by atoms with Crippen LogP contribution in [0.3, 0.4) is 0 Å². The van der Waals surface area contributed by atoms with Crippen LogP contribution >= 0.6 is 7.60 Å². The Morgan fingerprint density at radius 2 is 1.70 bits per heavy atom. The minimum atomic E-state index is -3.28. The molecule has 7 heteroatoms. The molecule has 0 N–H and O–H groups in total. The number of carbonyl (C=O) groups excluding carboxylic acids is 1. The van der Waals surface area contributed by atoms with Crippen molar-refractivity contribution in [3.05, 3.63) is 11.6 Å². The van der Waals surface area contributed by atoms with Gasteiger partial charge in [-0.15, -0.1) is 0 Å². The highest BCUT2D eigenvalue weighted by Gasteiger charge is 2.26. The van der Waals surface area contributed by atoms with Crippen molar-refractivity contribution in [1.82, 2.24) is 0 Å². The molecule has 0 bridgehead atoms. The van der Waals surface area contributed by atoms with Gasteiger partial charge in [0, 0.05) is 13.0 Å². The Kier molecular flexibility index (Phi) is 12.6. The van der Waals surface area contributed by atoms with Gasteiger partial charge >= 0.3 is 7.60 Å². The summed E-state index contributed by atoms with van der Waals surface area (Å²) in [6.07, 6.45) is 2.42. The lowest BCUT2D eigenvalue weighted by molar-refractivity contribution is -0.120. The minimum absolute atomic E-state index is 0.122. The van der Waals surface area contributed by atoms with E-state index in [1.807, 2.05) is 26.8 Å². The van der Waals surface area contributed by atoms with E-state index in [1.54, 1.807) is 13.8 Å². The lowest BCUT2D eigenvalue weighted by Crippen LogP contribution is -2.14. The highest BCUT2D eigenvalue weighted by Crippen LogP contribution is 2.48. The maximum absolute atomic E-state index is 12.2. The van der Waals surface area contributed by atoms with E-state index in [0.717, 1.165) is 5.57 Å². The van der Waals surface area contributed by atoms with Crippen molar-refractivity contribution >= 4 is 13.4 Å². The van der Waals surface area contributed by atoms with Gasteiger partial charge in [0.05, 0.1) is 19.8 Å².